The minimum Gasteiger partial charge on any atom is -0.324 e. The van der Waals surface area contributed by atoms with Gasteiger partial charge in [0.25, 0.3) is 0 Å². The van der Waals surface area contributed by atoms with Crippen LogP contribution in [-0.2, 0) is 6.42 Å². The quantitative estimate of drug-likeness (QED) is 0.412. The summed E-state index contributed by atoms with van der Waals surface area (Å²) in [6.45, 7) is 2.21. The maximum atomic E-state index is 4.67. The average molecular weight is 396 g/mol. The predicted molar refractivity (Wildman–Crippen MR) is 122 cm³/mol. The molecule has 5 heteroatoms. The number of rotatable bonds is 8. The van der Waals surface area contributed by atoms with E-state index in [1.54, 1.807) is 12.4 Å². The molecule has 0 saturated heterocycles. The number of hydrogen-bond donors (Lipinski definition) is 2. The van der Waals surface area contributed by atoms with Crippen molar-refractivity contribution >= 4 is 22.5 Å². The lowest BCUT2D eigenvalue weighted by molar-refractivity contribution is 0.637. The van der Waals surface area contributed by atoms with Crippen LogP contribution >= 0.6 is 0 Å². The average Bonchev–Trinajstić information content (AvgIpc) is 3.63. The highest BCUT2D eigenvalue weighted by Crippen LogP contribution is 2.27. The molecule has 0 unspecified atom stereocenters. The third-order valence-electron chi connectivity index (χ3n) is 5.52. The maximum Gasteiger partial charge on any atom is 0.227 e. The summed E-state index contributed by atoms with van der Waals surface area (Å²) in [5, 5.41) is 7.87. The van der Waals surface area contributed by atoms with Gasteiger partial charge in [-0.15, -0.1) is 0 Å². The first kappa shape index (κ1) is 18.7. The van der Waals surface area contributed by atoms with Gasteiger partial charge in [0.2, 0.25) is 5.95 Å². The lowest BCUT2D eigenvalue weighted by Crippen LogP contribution is -2.19. The summed E-state index contributed by atoms with van der Waals surface area (Å²) in [7, 11) is 0. The van der Waals surface area contributed by atoms with E-state index in [4.69, 9.17) is 0 Å². The van der Waals surface area contributed by atoms with Crippen LogP contribution in [-0.4, -0.2) is 28.0 Å². The summed E-state index contributed by atoms with van der Waals surface area (Å²) in [5.41, 5.74) is 5.53. The number of nitrogens with zero attached hydrogens (tertiary/aromatic N) is 3. The van der Waals surface area contributed by atoms with Gasteiger partial charge in [0.1, 0.15) is 0 Å². The molecule has 1 aliphatic rings. The molecule has 0 atom stereocenters. The molecule has 2 heterocycles. The van der Waals surface area contributed by atoms with E-state index in [1.165, 1.54) is 24.9 Å². The lowest BCUT2D eigenvalue weighted by Gasteiger charge is -2.08. The minimum absolute atomic E-state index is 0.609. The van der Waals surface area contributed by atoms with Crippen molar-refractivity contribution in [2.75, 3.05) is 18.4 Å². The number of nitrogens with one attached hydrogen (secondary N) is 2. The first-order chi connectivity index (χ1) is 14.8. The van der Waals surface area contributed by atoms with Crippen LogP contribution in [0.3, 0.4) is 0 Å². The molecule has 2 N–H and O–H groups in total. The molecule has 0 spiro atoms. The van der Waals surface area contributed by atoms with E-state index in [2.05, 4.69) is 62.0 Å². The van der Waals surface area contributed by atoms with E-state index in [-0.39, 0.29) is 0 Å². The fraction of sp³-hybridized carbons (Fsp3) is 0.240. The molecule has 0 radical (unpaired) electrons. The monoisotopic (exact) mass is 395 g/mol. The summed E-state index contributed by atoms with van der Waals surface area (Å²) in [5.74, 6) is 1.54. The fourth-order valence-electron chi connectivity index (χ4n) is 3.56. The normalized spacial score (nSPS) is 13.5. The van der Waals surface area contributed by atoms with Crippen LogP contribution in [0, 0.1) is 5.92 Å². The molecule has 1 saturated carbocycles. The number of pyridine rings is 1. The number of hydrogen-bond acceptors (Lipinski definition) is 5. The van der Waals surface area contributed by atoms with Crippen molar-refractivity contribution in [1.82, 2.24) is 20.3 Å². The van der Waals surface area contributed by atoms with Crippen molar-refractivity contribution in [2.45, 2.75) is 19.3 Å². The van der Waals surface area contributed by atoms with Crippen molar-refractivity contribution < 1.29 is 0 Å². The van der Waals surface area contributed by atoms with Gasteiger partial charge in [0, 0.05) is 29.7 Å². The Kier molecular flexibility index (Phi) is 5.36. The van der Waals surface area contributed by atoms with Gasteiger partial charge in [-0.1, -0.05) is 18.2 Å². The van der Waals surface area contributed by atoms with Gasteiger partial charge in [-0.25, -0.2) is 9.97 Å². The van der Waals surface area contributed by atoms with Gasteiger partial charge in [0.05, 0.1) is 5.52 Å². The summed E-state index contributed by atoms with van der Waals surface area (Å²) in [4.78, 5) is 13.2. The molecule has 1 aliphatic carbocycles. The van der Waals surface area contributed by atoms with Crippen molar-refractivity contribution in [1.29, 1.82) is 0 Å². The van der Waals surface area contributed by atoms with Crippen molar-refractivity contribution in [3.63, 3.8) is 0 Å². The van der Waals surface area contributed by atoms with Crippen LogP contribution in [0.2, 0.25) is 0 Å². The molecule has 4 aromatic rings. The molecule has 1 fully saturated rings. The Balaban J connectivity index is 1.23. The highest BCUT2D eigenvalue weighted by atomic mass is 15.1. The zero-order chi connectivity index (χ0) is 20.2. The number of fused-ring (bicyclic) bond motifs is 1. The molecule has 2 aromatic carbocycles. The molecule has 0 aliphatic heterocycles. The van der Waals surface area contributed by atoms with Gasteiger partial charge in [-0.3, -0.25) is 4.98 Å². The fourth-order valence-corrected chi connectivity index (χ4v) is 3.56. The molecule has 0 amide bonds. The van der Waals surface area contributed by atoms with Crippen LogP contribution in [0.25, 0.3) is 22.0 Å². The minimum atomic E-state index is 0.609. The third kappa shape index (κ3) is 4.63. The maximum absolute atomic E-state index is 4.67. The predicted octanol–water partition coefficient (Wildman–Crippen LogP) is 4.98. The number of aromatic nitrogens is 3. The van der Waals surface area contributed by atoms with E-state index < -0.39 is 0 Å². The SMILES string of the molecule is c1cc(-c2ccc3nc(Nc4ccc(CCNCC5CC5)cc4)ncc3c2)ccn1. The number of benzene rings is 2. The van der Waals surface area contributed by atoms with E-state index >= 15 is 0 Å². The largest absolute Gasteiger partial charge is 0.324 e. The van der Waals surface area contributed by atoms with Gasteiger partial charge >= 0.3 is 0 Å². The van der Waals surface area contributed by atoms with E-state index in [0.29, 0.717) is 5.95 Å². The molecule has 2 aromatic heterocycles. The second-order valence-corrected chi connectivity index (χ2v) is 7.92. The van der Waals surface area contributed by atoms with Crippen LogP contribution in [0.15, 0.2) is 73.2 Å². The summed E-state index contributed by atoms with van der Waals surface area (Å²) < 4.78 is 0. The van der Waals surface area contributed by atoms with Crippen LogP contribution < -0.4 is 10.6 Å². The summed E-state index contributed by atoms with van der Waals surface area (Å²) in [6.07, 6.45) is 9.33. The summed E-state index contributed by atoms with van der Waals surface area (Å²) >= 11 is 0. The highest BCUT2D eigenvalue weighted by Gasteiger charge is 2.19. The molecule has 0 bridgehead atoms. The van der Waals surface area contributed by atoms with Gasteiger partial charge in [-0.05, 0) is 91.4 Å². The van der Waals surface area contributed by atoms with Crippen LogP contribution in [0.1, 0.15) is 18.4 Å². The van der Waals surface area contributed by atoms with Crippen LogP contribution in [0.4, 0.5) is 11.6 Å². The van der Waals surface area contributed by atoms with E-state index in [1.807, 2.05) is 24.4 Å². The molecule has 150 valence electrons. The molecular formula is C25H25N5. The van der Waals surface area contributed by atoms with E-state index in [0.717, 1.165) is 46.6 Å². The zero-order valence-corrected chi connectivity index (χ0v) is 16.9. The molecular weight excluding hydrogens is 370 g/mol. The molecule has 30 heavy (non-hydrogen) atoms. The molecule has 5 nitrogen and oxygen atoms in total. The van der Waals surface area contributed by atoms with Gasteiger partial charge in [0.15, 0.2) is 0 Å². The second-order valence-electron chi connectivity index (χ2n) is 7.92. The third-order valence-corrected chi connectivity index (χ3v) is 5.52. The van der Waals surface area contributed by atoms with Crippen molar-refractivity contribution in [3.05, 3.63) is 78.8 Å². The Morgan fingerprint density at radius 3 is 2.53 bits per heavy atom. The Hall–Kier alpha value is -3.31. The first-order valence-corrected chi connectivity index (χ1v) is 10.6. The summed E-state index contributed by atoms with van der Waals surface area (Å²) in [6, 6.07) is 18.8. The Labute approximate surface area is 176 Å². The Morgan fingerprint density at radius 2 is 1.73 bits per heavy atom. The lowest BCUT2D eigenvalue weighted by atomic mass is 10.1. The first-order valence-electron chi connectivity index (χ1n) is 10.6. The Bertz CT molecular complexity index is 1120. The van der Waals surface area contributed by atoms with Crippen LogP contribution in [0.5, 0.6) is 0 Å². The van der Waals surface area contributed by atoms with Gasteiger partial charge < -0.3 is 10.6 Å². The molecule has 5 rings (SSSR count). The second kappa shape index (κ2) is 8.59. The number of anilines is 2. The Morgan fingerprint density at radius 1 is 0.900 bits per heavy atom. The van der Waals surface area contributed by atoms with E-state index in [9.17, 15) is 0 Å². The smallest absolute Gasteiger partial charge is 0.227 e. The van der Waals surface area contributed by atoms with Gasteiger partial charge in [-0.2, -0.15) is 0 Å². The standard InChI is InChI=1S/C25H25N5/c1-2-19(1)16-27-12-9-18-3-6-23(7-4-18)29-25-28-17-22-15-21(5-8-24(22)30-25)20-10-13-26-14-11-20/h3-8,10-11,13-15,17,19,27H,1-2,9,12,16H2,(H,28,29,30). The zero-order valence-electron chi connectivity index (χ0n) is 16.9. The highest BCUT2D eigenvalue weighted by molar-refractivity contribution is 5.84. The topological polar surface area (TPSA) is 62.7 Å². The van der Waals surface area contributed by atoms with Crippen molar-refractivity contribution in [3.8, 4) is 11.1 Å². The van der Waals surface area contributed by atoms with Crippen molar-refractivity contribution in [2.24, 2.45) is 5.92 Å².